The molecular formula is C15H21N5O2. The molecule has 2 N–H and O–H groups in total. The van der Waals surface area contributed by atoms with Crippen molar-refractivity contribution >= 4 is 28.7 Å². The predicted molar refractivity (Wildman–Crippen MR) is 86.9 cm³/mol. The number of hydrogen-bond donors (Lipinski definition) is 1. The number of nitrogens with zero attached hydrogens (tertiary/aromatic N) is 4. The maximum absolute atomic E-state index is 5.98. The Hall–Kier alpha value is -2.12. The summed E-state index contributed by atoms with van der Waals surface area (Å²) in [5.41, 5.74) is 8.67. The van der Waals surface area contributed by atoms with Gasteiger partial charge in [0.2, 0.25) is 0 Å². The third kappa shape index (κ3) is 2.77. The van der Waals surface area contributed by atoms with E-state index in [1.807, 2.05) is 29.8 Å². The van der Waals surface area contributed by atoms with Gasteiger partial charge in [-0.2, -0.15) is 0 Å². The van der Waals surface area contributed by atoms with E-state index in [-0.39, 0.29) is 0 Å². The highest BCUT2D eigenvalue weighted by Gasteiger charge is 2.19. The van der Waals surface area contributed by atoms with E-state index in [4.69, 9.17) is 20.2 Å². The molecule has 0 saturated carbocycles. The fraction of sp³-hybridized carbons (Fsp3) is 0.467. The maximum Gasteiger partial charge on any atom is 0.164 e. The number of methoxy groups -OCH3 is 1. The number of nitrogen functional groups attached to an aromatic ring is 1. The number of anilines is 2. The van der Waals surface area contributed by atoms with Crippen molar-refractivity contribution in [2.24, 2.45) is 7.05 Å². The third-order valence-electron chi connectivity index (χ3n) is 3.74. The predicted octanol–water partition coefficient (Wildman–Crippen LogP) is 1.05. The van der Waals surface area contributed by atoms with Crippen LogP contribution in [0.2, 0.25) is 0 Å². The summed E-state index contributed by atoms with van der Waals surface area (Å²) in [6, 6.07) is 1.89. The number of aromatic nitrogens is 3. The van der Waals surface area contributed by atoms with Gasteiger partial charge in [0.1, 0.15) is 17.2 Å². The van der Waals surface area contributed by atoms with Gasteiger partial charge in [0.05, 0.1) is 25.5 Å². The number of fused-ring (bicyclic) bond motifs is 1. The number of aryl methyl sites for hydroxylation is 1. The summed E-state index contributed by atoms with van der Waals surface area (Å²) in [4.78, 5) is 11.4. The molecule has 1 aliphatic heterocycles. The second kappa shape index (κ2) is 6.33. The lowest BCUT2D eigenvalue weighted by Crippen LogP contribution is -2.36. The van der Waals surface area contributed by atoms with E-state index in [0.717, 1.165) is 49.0 Å². The van der Waals surface area contributed by atoms with E-state index in [0.29, 0.717) is 12.4 Å². The van der Waals surface area contributed by atoms with Gasteiger partial charge < -0.3 is 24.7 Å². The fourth-order valence-electron chi connectivity index (χ4n) is 2.61. The van der Waals surface area contributed by atoms with E-state index in [1.54, 1.807) is 7.11 Å². The number of nitrogens with two attached hydrogens (primary N) is 1. The van der Waals surface area contributed by atoms with Gasteiger partial charge in [-0.1, -0.05) is 6.08 Å². The van der Waals surface area contributed by atoms with Crippen LogP contribution in [0.1, 0.15) is 5.82 Å². The van der Waals surface area contributed by atoms with Crippen molar-refractivity contribution in [2.75, 3.05) is 50.7 Å². The Kier molecular flexibility index (Phi) is 4.26. The molecule has 0 radical (unpaired) electrons. The quantitative estimate of drug-likeness (QED) is 0.909. The highest BCUT2D eigenvalue weighted by atomic mass is 16.5. The summed E-state index contributed by atoms with van der Waals surface area (Å²) in [6.07, 6.45) is 3.86. The van der Waals surface area contributed by atoms with Crippen LogP contribution in [0.15, 0.2) is 12.1 Å². The third-order valence-corrected chi connectivity index (χ3v) is 3.74. The Balaban J connectivity index is 2.06. The Labute approximate surface area is 129 Å². The molecule has 1 aliphatic rings. The van der Waals surface area contributed by atoms with Crippen LogP contribution in [0.5, 0.6) is 0 Å². The first-order valence-corrected chi connectivity index (χ1v) is 7.32. The van der Waals surface area contributed by atoms with Gasteiger partial charge in [0.25, 0.3) is 0 Å². The lowest BCUT2D eigenvalue weighted by atomic mass is 10.3. The number of ether oxygens (including phenoxy) is 2. The van der Waals surface area contributed by atoms with Gasteiger partial charge >= 0.3 is 0 Å². The van der Waals surface area contributed by atoms with Crippen molar-refractivity contribution in [2.45, 2.75) is 0 Å². The van der Waals surface area contributed by atoms with Gasteiger partial charge in [-0.15, -0.1) is 0 Å². The molecular weight excluding hydrogens is 282 g/mol. The number of morpholine rings is 1. The molecule has 1 fully saturated rings. The molecule has 0 atom stereocenters. The molecule has 0 aromatic carbocycles. The molecule has 0 amide bonds. The lowest BCUT2D eigenvalue weighted by molar-refractivity contribution is 0.123. The molecule has 22 heavy (non-hydrogen) atoms. The summed E-state index contributed by atoms with van der Waals surface area (Å²) < 4.78 is 12.4. The molecule has 3 heterocycles. The van der Waals surface area contributed by atoms with Gasteiger partial charge in [0.15, 0.2) is 5.65 Å². The van der Waals surface area contributed by atoms with Crippen LogP contribution in [0.4, 0.5) is 11.5 Å². The highest BCUT2D eigenvalue weighted by Crippen LogP contribution is 2.28. The Morgan fingerprint density at radius 3 is 2.86 bits per heavy atom. The van der Waals surface area contributed by atoms with Crippen LogP contribution in [0.25, 0.3) is 17.2 Å². The Morgan fingerprint density at radius 1 is 1.36 bits per heavy atom. The van der Waals surface area contributed by atoms with E-state index < -0.39 is 0 Å². The van der Waals surface area contributed by atoms with E-state index in [1.165, 1.54) is 0 Å². The molecule has 3 rings (SSSR count). The van der Waals surface area contributed by atoms with Crippen molar-refractivity contribution in [1.82, 2.24) is 14.5 Å². The number of imidazole rings is 1. The van der Waals surface area contributed by atoms with Crippen molar-refractivity contribution in [3.63, 3.8) is 0 Å². The normalized spacial score (nSPS) is 16.0. The minimum absolute atomic E-state index is 0.504. The zero-order chi connectivity index (χ0) is 15.5. The first kappa shape index (κ1) is 14.8. The molecule has 2 aromatic heterocycles. The molecule has 0 spiro atoms. The summed E-state index contributed by atoms with van der Waals surface area (Å²) >= 11 is 0. The summed E-state index contributed by atoms with van der Waals surface area (Å²) in [7, 11) is 3.61. The standard InChI is InChI=1S/C15H21N5O2/c1-19-13(4-3-7-21-2)18-14-11(10-12(16)17-15(14)19)20-5-8-22-9-6-20/h3-4,10H,5-9H2,1-2H3,(H2,16,17)/b4-3+. The number of pyridine rings is 1. The topological polar surface area (TPSA) is 78.4 Å². The zero-order valence-corrected chi connectivity index (χ0v) is 13.0. The van der Waals surface area contributed by atoms with Crippen LogP contribution >= 0.6 is 0 Å². The summed E-state index contributed by atoms with van der Waals surface area (Å²) in [5, 5.41) is 0. The van der Waals surface area contributed by atoms with E-state index in [9.17, 15) is 0 Å². The smallest absolute Gasteiger partial charge is 0.164 e. The Morgan fingerprint density at radius 2 is 2.14 bits per heavy atom. The van der Waals surface area contributed by atoms with Gasteiger partial charge in [0, 0.05) is 33.3 Å². The summed E-state index contributed by atoms with van der Waals surface area (Å²) in [5.74, 6) is 1.34. The minimum atomic E-state index is 0.504. The van der Waals surface area contributed by atoms with Crippen LogP contribution in [-0.2, 0) is 16.5 Å². The van der Waals surface area contributed by atoms with Crippen molar-refractivity contribution in [3.8, 4) is 0 Å². The highest BCUT2D eigenvalue weighted by molar-refractivity contribution is 5.89. The van der Waals surface area contributed by atoms with Crippen molar-refractivity contribution < 1.29 is 9.47 Å². The molecule has 1 saturated heterocycles. The van der Waals surface area contributed by atoms with Crippen LogP contribution in [-0.4, -0.2) is 54.6 Å². The van der Waals surface area contributed by atoms with Gasteiger partial charge in [-0.25, -0.2) is 9.97 Å². The van der Waals surface area contributed by atoms with E-state index in [2.05, 4.69) is 9.88 Å². The van der Waals surface area contributed by atoms with Gasteiger partial charge in [-0.3, -0.25) is 0 Å². The van der Waals surface area contributed by atoms with Crippen LogP contribution in [0, 0.1) is 0 Å². The minimum Gasteiger partial charge on any atom is -0.384 e. The summed E-state index contributed by atoms with van der Waals surface area (Å²) in [6.45, 7) is 3.66. The molecule has 2 aromatic rings. The molecule has 7 heteroatoms. The largest absolute Gasteiger partial charge is 0.384 e. The number of rotatable bonds is 4. The van der Waals surface area contributed by atoms with Crippen molar-refractivity contribution in [3.05, 3.63) is 18.0 Å². The second-order valence-electron chi connectivity index (χ2n) is 5.22. The van der Waals surface area contributed by atoms with Crippen molar-refractivity contribution in [1.29, 1.82) is 0 Å². The SMILES string of the molecule is COC/C=C/c1nc2c(N3CCOCC3)cc(N)nc2n1C. The molecule has 0 aliphatic carbocycles. The van der Waals surface area contributed by atoms with Crippen LogP contribution in [0.3, 0.4) is 0 Å². The first-order valence-electron chi connectivity index (χ1n) is 7.32. The molecule has 0 bridgehead atoms. The molecule has 118 valence electrons. The van der Waals surface area contributed by atoms with Crippen LogP contribution < -0.4 is 10.6 Å². The van der Waals surface area contributed by atoms with Gasteiger partial charge in [-0.05, 0) is 6.08 Å². The first-order chi connectivity index (χ1) is 10.7. The molecule has 7 nitrogen and oxygen atoms in total. The Bertz CT molecular complexity index is 689. The zero-order valence-electron chi connectivity index (χ0n) is 13.0. The second-order valence-corrected chi connectivity index (χ2v) is 5.22. The fourth-order valence-corrected chi connectivity index (χ4v) is 2.61. The maximum atomic E-state index is 5.98. The number of hydrogen-bond acceptors (Lipinski definition) is 6. The average Bonchev–Trinajstić information content (AvgIpc) is 2.85. The average molecular weight is 303 g/mol. The monoisotopic (exact) mass is 303 g/mol. The molecule has 0 unspecified atom stereocenters. The van der Waals surface area contributed by atoms with E-state index >= 15 is 0 Å². The lowest BCUT2D eigenvalue weighted by Gasteiger charge is -2.29.